The molecule has 0 bridgehead atoms. The van der Waals surface area contributed by atoms with Crippen LogP contribution in [0, 0.1) is 13.8 Å². The fraction of sp³-hybridized carbons (Fsp3) is 0.143. The Morgan fingerprint density at radius 2 is 1.81 bits per heavy atom. The largest absolute Gasteiger partial charge is 0.484 e. The maximum absolute atomic E-state index is 11.9. The van der Waals surface area contributed by atoms with E-state index in [1.807, 2.05) is 68.4 Å². The molecule has 0 saturated heterocycles. The van der Waals surface area contributed by atoms with Crippen molar-refractivity contribution in [2.24, 2.45) is 5.10 Å². The maximum atomic E-state index is 11.9. The third kappa shape index (κ3) is 4.21. The molecule has 0 atom stereocenters. The molecule has 0 heterocycles. The number of ether oxygens (including phenoxy) is 1. The molecule has 3 aromatic rings. The highest BCUT2D eigenvalue weighted by Gasteiger charge is 2.06. The van der Waals surface area contributed by atoms with E-state index in [2.05, 4.69) is 10.5 Å². The van der Waals surface area contributed by atoms with Crippen molar-refractivity contribution in [3.63, 3.8) is 0 Å². The molecular weight excluding hydrogens is 348 g/mol. The number of carbonyl (C=O) groups excluding carboxylic acids is 1. The standard InChI is InChI=1S/C21H19ClN2O2/c1-14-10-18(11-15(2)21(14)22)26-13-20(25)24-23-12-17-8-5-7-16-6-3-4-9-19(16)17/h3-12H,13H2,1-2H3,(H,24,25)/b23-12-. The molecule has 0 saturated carbocycles. The second-order valence-electron chi connectivity index (χ2n) is 6.02. The van der Waals surface area contributed by atoms with Crippen molar-refractivity contribution in [2.75, 3.05) is 6.61 Å². The summed E-state index contributed by atoms with van der Waals surface area (Å²) in [5.41, 5.74) is 5.25. The van der Waals surface area contributed by atoms with Gasteiger partial charge in [0.1, 0.15) is 5.75 Å². The third-order valence-corrected chi connectivity index (χ3v) is 4.59. The summed E-state index contributed by atoms with van der Waals surface area (Å²) in [6, 6.07) is 17.6. The Bertz CT molecular complexity index is 954. The van der Waals surface area contributed by atoms with Gasteiger partial charge in [-0.25, -0.2) is 5.43 Å². The first-order chi connectivity index (χ1) is 12.5. The van der Waals surface area contributed by atoms with Gasteiger partial charge in [-0.2, -0.15) is 5.10 Å². The molecule has 1 amide bonds. The van der Waals surface area contributed by atoms with Gasteiger partial charge in [0, 0.05) is 10.6 Å². The minimum Gasteiger partial charge on any atom is -0.484 e. The highest BCUT2D eigenvalue weighted by atomic mass is 35.5. The summed E-state index contributed by atoms with van der Waals surface area (Å²) in [6.45, 7) is 3.68. The lowest BCUT2D eigenvalue weighted by molar-refractivity contribution is -0.123. The molecular formula is C21H19ClN2O2. The van der Waals surface area contributed by atoms with Crippen molar-refractivity contribution in [3.8, 4) is 5.75 Å². The molecule has 5 heteroatoms. The van der Waals surface area contributed by atoms with Crippen LogP contribution in [0.1, 0.15) is 16.7 Å². The van der Waals surface area contributed by atoms with Gasteiger partial charge in [0.15, 0.2) is 6.61 Å². The Labute approximate surface area is 157 Å². The van der Waals surface area contributed by atoms with Crippen LogP contribution >= 0.6 is 11.6 Å². The average molecular weight is 367 g/mol. The molecule has 4 nitrogen and oxygen atoms in total. The van der Waals surface area contributed by atoms with Crippen LogP contribution in [0.2, 0.25) is 5.02 Å². The van der Waals surface area contributed by atoms with Gasteiger partial charge in [-0.05, 0) is 47.9 Å². The predicted octanol–water partition coefficient (Wildman–Crippen LogP) is 4.64. The van der Waals surface area contributed by atoms with Crippen LogP contribution in [-0.4, -0.2) is 18.7 Å². The van der Waals surface area contributed by atoms with Crippen molar-refractivity contribution in [1.29, 1.82) is 0 Å². The minimum atomic E-state index is -0.327. The monoisotopic (exact) mass is 366 g/mol. The number of amides is 1. The van der Waals surface area contributed by atoms with Crippen LogP contribution in [0.4, 0.5) is 0 Å². The quantitative estimate of drug-likeness (QED) is 0.528. The lowest BCUT2D eigenvalue weighted by Crippen LogP contribution is -2.24. The second-order valence-corrected chi connectivity index (χ2v) is 6.40. The van der Waals surface area contributed by atoms with Crippen molar-refractivity contribution >= 4 is 34.5 Å². The number of rotatable bonds is 5. The molecule has 0 aliphatic carbocycles. The summed E-state index contributed by atoms with van der Waals surface area (Å²) >= 11 is 6.13. The van der Waals surface area contributed by atoms with E-state index in [0.29, 0.717) is 10.8 Å². The topological polar surface area (TPSA) is 50.7 Å². The number of aryl methyl sites for hydroxylation is 2. The van der Waals surface area contributed by atoms with E-state index < -0.39 is 0 Å². The van der Waals surface area contributed by atoms with Crippen LogP contribution in [0.5, 0.6) is 5.75 Å². The van der Waals surface area contributed by atoms with E-state index in [4.69, 9.17) is 16.3 Å². The van der Waals surface area contributed by atoms with Gasteiger partial charge in [0.05, 0.1) is 6.21 Å². The van der Waals surface area contributed by atoms with E-state index in [1.165, 1.54) is 0 Å². The van der Waals surface area contributed by atoms with E-state index in [9.17, 15) is 4.79 Å². The summed E-state index contributed by atoms with van der Waals surface area (Å²) in [7, 11) is 0. The summed E-state index contributed by atoms with van der Waals surface area (Å²) in [4.78, 5) is 11.9. The smallest absolute Gasteiger partial charge is 0.277 e. The highest BCUT2D eigenvalue weighted by molar-refractivity contribution is 6.32. The summed E-state index contributed by atoms with van der Waals surface area (Å²) in [5, 5.41) is 6.94. The average Bonchev–Trinajstić information content (AvgIpc) is 2.64. The van der Waals surface area contributed by atoms with Gasteiger partial charge in [-0.15, -0.1) is 0 Å². The molecule has 0 aliphatic rings. The third-order valence-electron chi connectivity index (χ3n) is 4.00. The number of hydrogen-bond donors (Lipinski definition) is 1. The zero-order chi connectivity index (χ0) is 18.5. The van der Waals surface area contributed by atoms with Gasteiger partial charge in [-0.1, -0.05) is 54.1 Å². The zero-order valence-corrected chi connectivity index (χ0v) is 15.4. The number of fused-ring (bicyclic) bond motifs is 1. The number of nitrogens with one attached hydrogen (secondary N) is 1. The van der Waals surface area contributed by atoms with Crippen molar-refractivity contribution in [1.82, 2.24) is 5.43 Å². The van der Waals surface area contributed by atoms with Crippen LogP contribution in [0.15, 0.2) is 59.7 Å². The first-order valence-electron chi connectivity index (χ1n) is 8.24. The van der Waals surface area contributed by atoms with Gasteiger partial charge in [-0.3, -0.25) is 4.79 Å². The number of hydrazone groups is 1. The number of benzene rings is 3. The summed E-state index contributed by atoms with van der Waals surface area (Å²) in [5.74, 6) is 0.282. The minimum absolute atomic E-state index is 0.118. The maximum Gasteiger partial charge on any atom is 0.277 e. The SMILES string of the molecule is Cc1cc(OCC(=O)N/N=C\c2cccc3ccccc23)cc(C)c1Cl. The molecule has 0 radical (unpaired) electrons. The molecule has 0 aromatic heterocycles. The zero-order valence-electron chi connectivity index (χ0n) is 14.6. The van der Waals surface area contributed by atoms with E-state index in [1.54, 1.807) is 6.21 Å². The fourth-order valence-corrected chi connectivity index (χ4v) is 2.82. The number of halogens is 1. The first-order valence-corrected chi connectivity index (χ1v) is 8.61. The van der Waals surface area contributed by atoms with Crippen LogP contribution in [0.25, 0.3) is 10.8 Å². The molecule has 0 unspecified atom stereocenters. The van der Waals surface area contributed by atoms with E-state index >= 15 is 0 Å². The molecule has 26 heavy (non-hydrogen) atoms. The molecule has 1 N–H and O–H groups in total. The lowest BCUT2D eigenvalue weighted by atomic mass is 10.1. The Kier molecular flexibility index (Phi) is 5.54. The first kappa shape index (κ1) is 18.0. The van der Waals surface area contributed by atoms with Crippen molar-refractivity contribution in [2.45, 2.75) is 13.8 Å². The molecule has 3 rings (SSSR count). The Morgan fingerprint density at radius 3 is 2.58 bits per heavy atom. The van der Waals surface area contributed by atoms with Crippen molar-refractivity contribution in [3.05, 3.63) is 76.3 Å². The number of nitrogens with zero attached hydrogens (tertiary/aromatic N) is 1. The predicted molar refractivity (Wildman–Crippen MR) is 106 cm³/mol. The molecule has 3 aromatic carbocycles. The van der Waals surface area contributed by atoms with Gasteiger partial charge >= 0.3 is 0 Å². The summed E-state index contributed by atoms with van der Waals surface area (Å²) < 4.78 is 5.51. The Balaban J connectivity index is 1.59. The van der Waals surface area contributed by atoms with Gasteiger partial charge in [0.25, 0.3) is 5.91 Å². The normalized spacial score (nSPS) is 11.0. The Hall–Kier alpha value is -2.85. The fourth-order valence-electron chi connectivity index (χ4n) is 2.71. The molecule has 132 valence electrons. The van der Waals surface area contributed by atoms with Gasteiger partial charge < -0.3 is 4.74 Å². The number of carbonyl (C=O) groups is 1. The van der Waals surface area contributed by atoms with Crippen LogP contribution in [0.3, 0.4) is 0 Å². The summed E-state index contributed by atoms with van der Waals surface area (Å²) in [6.07, 6.45) is 1.64. The van der Waals surface area contributed by atoms with Crippen LogP contribution in [-0.2, 0) is 4.79 Å². The van der Waals surface area contributed by atoms with E-state index in [0.717, 1.165) is 27.5 Å². The van der Waals surface area contributed by atoms with Crippen molar-refractivity contribution < 1.29 is 9.53 Å². The lowest BCUT2D eigenvalue weighted by Gasteiger charge is -2.09. The number of hydrogen-bond acceptors (Lipinski definition) is 3. The Morgan fingerprint density at radius 1 is 1.12 bits per heavy atom. The van der Waals surface area contributed by atoms with E-state index in [-0.39, 0.29) is 12.5 Å². The van der Waals surface area contributed by atoms with Gasteiger partial charge in [0.2, 0.25) is 0 Å². The molecule has 0 aliphatic heterocycles. The van der Waals surface area contributed by atoms with Crippen LogP contribution < -0.4 is 10.2 Å². The highest BCUT2D eigenvalue weighted by Crippen LogP contribution is 2.25. The molecule has 0 fully saturated rings. The second kappa shape index (κ2) is 8.02. The molecule has 0 spiro atoms.